The van der Waals surface area contributed by atoms with Crippen molar-refractivity contribution < 1.29 is 13.2 Å². The predicted octanol–water partition coefficient (Wildman–Crippen LogP) is 0.663. The molecule has 25 heavy (non-hydrogen) atoms. The van der Waals surface area contributed by atoms with Crippen molar-refractivity contribution in [2.75, 3.05) is 38.0 Å². The zero-order valence-corrected chi connectivity index (χ0v) is 14.8. The van der Waals surface area contributed by atoms with E-state index in [4.69, 9.17) is 0 Å². The van der Waals surface area contributed by atoms with Gasteiger partial charge in [0.1, 0.15) is 0 Å². The minimum atomic E-state index is -3.48. The smallest absolute Gasteiger partial charge is 0.243 e. The van der Waals surface area contributed by atoms with Crippen molar-refractivity contribution in [1.82, 2.24) is 19.4 Å². The molecular weight excluding hydrogens is 342 g/mol. The van der Waals surface area contributed by atoms with Gasteiger partial charge in [-0.2, -0.15) is 9.40 Å². The molecule has 0 bridgehead atoms. The van der Waals surface area contributed by atoms with Gasteiger partial charge in [-0.1, -0.05) is 17.7 Å². The topological polar surface area (TPSA) is 98.4 Å². The summed E-state index contributed by atoms with van der Waals surface area (Å²) in [5.74, 6) is -0.142. The Morgan fingerprint density at radius 3 is 2.48 bits per heavy atom. The van der Waals surface area contributed by atoms with Crippen LogP contribution in [-0.4, -0.2) is 66.5 Å². The van der Waals surface area contributed by atoms with Gasteiger partial charge in [-0.05, 0) is 19.1 Å². The molecule has 1 fully saturated rings. The Hall–Kier alpha value is -2.23. The number of piperazine rings is 1. The number of sulfonamides is 1. The first-order valence-electron chi connectivity index (χ1n) is 8.03. The van der Waals surface area contributed by atoms with E-state index in [0.717, 1.165) is 5.56 Å². The van der Waals surface area contributed by atoms with Crippen LogP contribution in [0.1, 0.15) is 5.56 Å². The van der Waals surface area contributed by atoms with Crippen LogP contribution >= 0.6 is 0 Å². The second kappa shape index (κ2) is 7.34. The molecule has 0 unspecified atom stereocenters. The van der Waals surface area contributed by atoms with Gasteiger partial charge < -0.3 is 5.32 Å². The monoisotopic (exact) mass is 363 g/mol. The normalized spacial score (nSPS) is 16.7. The van der Waals surface area contributed by atoms with Gasteiger partial charge in [0.15, 0.2) is 0 Å². The van der Waals surface area contributed by atoms with E-state index in [-0.39, 0.29) is 12.5 Å². The Morgan fingerprint density at radius 2 is 1.88 bits per heavy atom. The van der Waals surface area contributed by atoms with Crippen molar-refractivity contribution in [3.8, 4) is 0 Å². The maximum Gasteiger partial charge on any atom is 0.243 e. The number of nitrogens with zero attached hydrogens (tertiary/aromatic N) is 3. The van der Waals surface area contributed by atoms with Crippen LogP contribution in [-0.2, 0) is 14.8 Å². The number of hydrogen-bond donors (Lipinski definition) is 2. The molecule has 0 saturated carbocycles. The van der Waals surface area contributed by atoms with Crippen molar-refractivity contribution in [3.05, 3.63) is 42.2 Å². The van der Waals surface area contributed by atoms with Gasteiger partial charge in [-0.15, -0.1) is 0 Å². The maximum absolute atomic E-state index is 12.7. The summed E-state index contributed by atoms with van der Waals surface area (Å²) in [4.78, 5) is 14.2. The number of benzene rings is 1. The number of aromatic amines is 1. The van der Waals surface area contributed by atoms with E-state index in [1.165, 1.54) is 10.5 Å². The molecule has 2 aromatic rings. The third-order valence-corrected chi connectivity index (χ3v) is 6.05. The summed E-state index contributed by atoms with van der Waals surface area (Å²) in [7, 11) is -3.48. The second-order valence-corrected chi connectivity index (χ2v) is 7.97. The Labute approximate surface area is 146 Å². The number of carbonyl (C=O) groups excluding carboxylic acids is 1. The molecule has 1 aliphatic rings. The fourth-order valence-electron chi connectivity index (χ4n) is 2.71. The van der Waals surface area contributed by atoms with Gasteiger partial charge in [0, 0.05) is 32.4 Å². The molecule has 134 valence electrons. The first kappa shape index (κ1) is 17.6. The highest BCUT2D eigenvalue weighted by Gasteiger charge is 2.28. The standard InChI is InChI=1S/C16H21N5O3S/c1-13-2-4-15(5-3-13)25(23,24)21-8-6-20(7-9-21)12-16(22)19-14-10-17-18-11-14/h2-5,10-11H,6-9,12H2,1H3,(H,17,18)(H,19,22). The van der Waals surface area contributed by atoms with E-state index in [2.05, 4.69) is 15.5 Å². The lowest BCUT2D eigenvalue weighted by atomic mass is 10.2. The summed E-state index contributed by atoms with van der Waals surface area (Å²) in [6.45, 7) is 3.92. The van der Waals surface area contributed by atoms with Crippen molar-refractivity contribution in [3.63, 3.8) is 0 Å². The fraction of sp³-hybridized carbons (Fsp3) is 0.375. The van der Waals surface area contributed by atoms with Crippen LogP contribution < -0.4 is 5.32 Å². The van der Waals surface area contributed by atoms with Crippen molar-refractivity contribution in [1.29, 1.82) is 0 Å². The molecule has 1 aliphatic heterocycles. The Balaban J connectivity index is 1.54. The maximum atomic E-state index is 12.7. The van der Waals surface area contributed by atoms with Crippen molar-refractivity contribution >= 4 is 21.6 Å². The number of aryl methyl sites for hydroxylation is 1. The molecule has 3 rings (SSSR count). The van der Waals surface area contributed by atoms with Gasteiger partial charge in [0.2, 0.25) is 15.9 Å². The van der Waals surface area contributed by atoms with E-state index in [9.17, 15) is 13.2 Å². The predicted molar refractivity (Wildman–Crippen MR) is 93.6 cm³/mol. The molecular formula is C16H21N5O3S. The SMILES string of the molecule is Cc1ccc(S(=O)(=O)N2CCN(CC(=O)Nc3cn[nH]c3)CC2)cc1. The number of hydrogen-bond acceptors (Lipinski definition) is 5. The number of rotatable bonds is 5. The summed E-state index contributed by atoms with van der Waals surface area (Å²) in [5.41, 5.74) is 1.64. The van der Waals surface area contributed by atoms with Gasteiger partial charge in [-0.3, -0.25) is 14.8 Å². The molecule has 2 heterocycles. The molecule has 9 heteroatoms. The first-order chi connectivity index (χ1) is 11.9. The molecule has 0 radical (unpaired) electrons. The molecule has 1 amide bonds. The lowest BCUT2D eigenvalue weighted by molar-refractivity contribution is -0.117. The molecule has 0 aliphatic carbocycles. The highest BCUT2D eigenvalue weighted by atomic mass is 32.2. The third kappa shape index (κ3) is 4.25. The van der Waals surface area contributed by atoms with E-state index in [0.29, 0.717) is 36.8 Å². The van der Waals surface area contributed by atoms with E-state index in [1.807, 2.05) is 11.8 Å². The number of amides is 1. The van der Waals surface area contributed by atoms with Crippen LogP contribution in [0.2, 0.25) is 0 Å². The lowest BCUT2D eigenvalue weighted by Gasteiger charge is -2.33. The summed E-state index contributed by atoms with van der Waals surface area (Å²) in [6, 6.07) is 6.86. The number of nitrogens with one attached hydrogen (secondary N) is 2. The minimum Gasteiger partial charge on any atom is -0.322 e. The van der Waals surface area contributed by atoms with E-state index >= 15 is 0 Å². The first-order valence-corrected chi connectivity index (χ1v) is 9.47. The average molecular weight is 363 g/mol. The molecule has 0 spiro atoms. The molecule has 8 nitrogen and oxygen atoms in total. The lowest BCUT2D eigenvalue weighted by Crippen LogP contribution is -2.50. The van der Waals surface area contributed by atoms with Gasteiger partial charge in [0.05, 0.1) is 23.3 Å². The molecule has 1 aromatic carbocycles. The van der Waals surface area contributed by atoms with Crippen LogP contribution in [0.5, 0.6) is 0 Å². The van der Waals surface area contributed by atoms with Gasteiger partial charge in [0.25, 0.3) is 0 Å². The summed E-state index contributed by atoms with van der Waals surface area (Å²) >= 11 is 0. The number of H-pyrrole nitrogens is 1. The Kier molecular flexibility index (Phi) is 5.16. The van der Waals surface area contributed by atoms with Crippen molar-refractivity contribution in [2.45, 2.75) is 11.8 Å². The quantitative estimate of drug-likeness (QED) is 0.813. The Bertz CT molecular complexity index is 810. The highest BCUT2D eigenvalue weighted by molar-refractivity contribution is 7.89. The zero-order chi connectivity index (χ0) is 17.9. The van der Waals surface area contributed by atoms with Gasteiger partial charge in [-0.25, -0.2) is 8.42 Å². The fourth-order valence-corrected chi connectivity index (χ4v) is 4.13. The van der Waals surface area contributed by atoms with Crippen LogP contribution in [0, 0.1) is 6.92 Å². The number of anilines is 1. The third-order valence-electron chi connectivity index (χ3n) is 4.14. The zero-order valence-electron chi connectivity index (χ0n) is 14.0. The molecule has 1 aromatic heterocycles. The van der Waals surface area contributed by atoms with Crippen LogP contribution in [0.15, 0.2) is 41.6 Å². The summed E-state index contributed by atoms with van der Waals surface area (Å²) in [6.07, 6.45) is 3.13. The largest absolute Gasteiger partial charge is 0.322 e. The van der Waals surface area contributed by atoms with Crippen molar-refractivity contribution in [2.24, 2.45) is 0 Å². The molecule has 1 saturated heterocycles. The number of carbonyl (C=O) groups is 1. The van der Waals surface area contributed by atoms with E-state index in [1.54, 1.807) is 30.5 Å². The van der Waals surface area contributed by atoms with Crippen LogP contribution in [0.3, 0.4) is 0 Å². The summed E-state index contributed by atoms with van der Waals surface area (Å²) < 4.78 is 26.8. The van der Waals surface area contributed by atoms with Crippen LogP contribution in [0.4, 0.5) is 5.69 Å². The average Bonchev–Trinajstić information content (AvgIpc) is 3.08. The highest BCUT2D eigenvalue weighted by Crippen LogP contribution is 2.18. The molecule has 2 N–H and O–H groups in total. The Morgan fingerprint density at radius 1 is 1.20 bits per heavy atom. The van der Waals surface area contributed by atoms with E-state index < -0.39 is 10.0 Å². The summed E-state index contributed by atoms with van der Waals surface area (Å²) in [5, 5.41) is 9.13. The second-order valence-electron chi connectivity index (χ2n) is 6.03. The van der Waals surface area contributed by atoms with Gasteiger partial charge >= 0.3 is 0 Å². The minimum absolute atomic E-state index is 0.142. The number of aromatic nitrogens is 2. The molecule has 0 atom stereocenters. The van der Waals surface area contributed by atoms with Crippen LogP contribution in [0.25, 0.3) is 0 Å².